The molecule has 0 saturated carbocycles. The lowest BCUT2D eigenvalue weighted by Gasteiger charge is -2.44. The van der Waals surface area contributed by atoms with Crippen molar-refractivity contribution in [1.82, 2.24) is 5.48 Å². The first-order valence-electron chi connectivity index (χ1n) is 19.4. The van der Waals surface area contributed by atoms with E-state index in [-0.39, 0.29) is 23.3 Å². The molecule has 2 aromatic rings. The number of hydrogen-bond donors (Lipinski definition) is 3. The Hall–Kier alpha value is -4.47. The highest BCUT2D eigenvalue weighted by molar-refractivity contribution is 6.76. The van der Waals surface area contributed by atoms with Gasteiger partial charge in [0.15, 0.2) is 8.32 Å². The van der Waals surface area contributed by atoms with Gasteiger partial charge in [-0.3, -0.25) is 15.3 Å². The van der Waals surface area contributed by atoms with Crippen molar-refractivity contribution in [2.45, 2.75) is 125 Å². The number of anilines is 1. The molecule has 382 valence electrons. The van der Waals surface area contributed by atoms with Crippen LogP contribution in [0, 0.1) is 17.6 Å². The number of rotatable bonds is 23. The van der Waals surface area contributed by atoms with E-state index in [2.05, 4.69) is 5.32 Å². The van der Waals surface area contributed by atoms with Crippen molar-refractivity contribution in [1.29, 1.82) is 0 Å². The average Bonchev–Trinajstić information content (AvgIpc) is 3.21. The van der Waals surface area contributed by atoms with Crippen LogP contribution in [0.3, 0.4) is 0 Å². The van der Waals surface area contributed by atoms with Gasteiger partial charge in [0.25, 0.3) is 5.91 Å². The summed E-state index contributed by atoms with van der Waals surface area (Å²) in [5.74, 6) is -60.6. The lowest BCUT2D eigenvalue weighted by Crippen LogP contribution is -2.74. The highest BCUT2D eigenvalue weighted by atomic mass is 28.4. The van der Waals surface area contributed by atoms with Gasteiger partial charge in [-0.25, -0.2) is 19.1 Å². The minimum Gasteiger partial charge on any atom is -0.491 e. The molecule has 67 heavy (non-hydrogen) atoms. The summed E-state index contributed by atoms with van der Waals surface area (Å²) in [6.07, 6.45) is -11.4. The fraction of sp³-hybridized carbons (Fsp3) is 0.590. The zero-order valence-electron chi connectivity index (χ0n) is 35.6. The Morgan fingerprint density at radius 2 is 1.19 bits per heavy atom. The van der Waals surface area contributed by atoms with Crippen LogP contribution in [0.1, 0.15) is 66.1 Å². The van der Waals surface area contributed by atoms with E-state index in [0.717, 1.165) is 12.1 Å². The predicted octanol–water partition coefficient (Wildman–Crippen LogP) is 13.3. The highest BCUT2D eigenvalue weighted by Gasteiger charge is 2.95. The Morgan fingerprint density at radius 3 is 1.66 bits per heavy atom. The normalized spacial score (nSPS) is 15.1. The molecule has 0 spiro atoms. The number of hydrogen-bond acceptors (Lipinski definition) is 6. The molecule has 0 aliphatic rings. The summed E-state index contributed by atoms with van der Waals surface area (Å²) in [7, 11) is -4.07. The standard InChI is InChI=1S/C39H43F19N2O6Si/c1-20(2)67(21(3)4,18-15-32(42,43)33(44,45)34(46,47)35(48,49)36(50,51)37(52,53)38(54,55)39(56,57)58)65-17-16-64-26-12-9-24(10-13-26)29(22(5)7-8-23(6)30(61)60-63)66-31(62)59-28-14-11-25(40)19-27(28)41/h8-14,19-22,29,63H,7,15-18H2,1-6H3,(H,59,62)(H,60,61)/b23-8+/t22-,29+/m1/s1. The van der Waals surface area contributed by atoms with E-state index in [1.165, 1.54) is 70.4 Å². The molecule has 0 unspecified atom stereocenters. The van der Waals surface area contributed by atoms with Crippen LogP contribution in [-0.2, 0) is 14.0 Å². The first-order valence-corrected chi connectivity index (χ1v) is 21.6. The minimum atomic E-state index is -8.73. The van der Waals surface area contributed by atoms with Gasteiger partial charge in [0.2, 0.25) is 0 Å². The molecule has 2 rings (SSSR count). The third-order valence-electron chi connectivity index (χ3n) is 10.7. The number of ether oxygens (including phenoxy) is 2. The Morgan fingerprint density at radius 1 is 0.701 bits per heavy atom. The van der Waals surface area contributed by atoms with E-state index in [4.69, 9.17) is 19.1 Å². The number of hydroxylamine groups is 1. The zero-order valence-corrected chi connectivity index (χ0v) is 36.6. The second kappa shape index (κ2) is 21.0. The largest absolute Gasteiger partial charge is 0.491 e. The number of amides is 2. The number of halogens is 19. The second-order valence-corrected chi connectivity index (χ2v) is 20.8. The second-order valence-electron chi connectivity index (χ2n) is 15.8. The summed E-state index contributed by atoms with van der Waals surface area (Å²) in [6, 6.07) is 6.21. The van der Waals surface area contributed by atoms with Crippen LogP contribution in [0.5, 0.6) is 5.75 Å². The Kier molecular flexibility index (Phi) is 18.4. The van der Waals surface area contributed by atoms with Crippen LogP contribution in [0.15, 0.2) is 54.1 Å². The maximum absolute atomic E-state index is 15.0. The van der Waals surface area contributed by atoms with Gasteiger partial charge in [-0.1, -0.05) is 52.8 Å². The van der Waals surface area contributed by atoms with E-state index in [1.807, 2.05) is 0 Å². The van der Waals surface area contributed by atoms with Crippen LogP contribution in [0.2, 0.25) is 17.1 Å². The molecule has 0 aliphatic heterocycles. The van der Waals surface area contributed by atoms with E-state index in [1.54, 1.807) is 6.92 Å². The molecule has 0 heterocycles. The maximum atomic E-state index is 15.0. The smallest absolute Gasteiger partial charge is 0.460 e. The third kappa shape index (κ3) is 11.9. The monoisotopic (exact) mass is 1020 g/mol. The van der Waals surface area contributed by atoms with E-state index in [9.17, 15) is 93.0 Å². The number of allylic oxidation sites excluding steroid dienone is 1. The van der Waals surface area contributed by atoms with Crippen LogP contribution in [0.4, 0.5) is 93.9 Å². The summed E-state index contributed by atoms with van der Waals surface area (Å²) in [5, 5.41) is 11.0. The minimum absolute atomic E-state index is 0.0259. The van der Waals surface area contributed by atoms with Gasteiger partial charge in [-0.15, -0.1) is 0 Å². The van der Waals surface area contributed by atoms with Crippen LogP contribution in [-0.4, -0.2) is 86.4 Å². The molecule has 8 nitrogen and oxygen atoms in total. The fourth-order valence-electron chi connectivity index (χ4n) is 6.53. The van der Waals surface area contributed by atoms with Crippen molar-refractivity contribution < 1.29 is 112 Å². The van der Waals surface area contributed by atoms with Crippen LogP contribution >= 0.6 is 0 Å². The zero-order chi connectivity index (χ0) is 52.2. The third-order valence-corrected chi connectivity index (χ3v) is 16.4. The number of carbonyl (C=O) groups is 2. The molecule has 3 N–H and O–H groups in total. The maximum Gasteiger partial charge on any atom is 0.460 e. The molecule has 0 aliphatic carbocycles. The SMILES string of the molecule is C/C(=C\C[C@@H](C)[C@H](OC(=O)Nc1ccc(F)cc1F)c1ccc(OCCO[Si](CCC(F)(F)C(F)(F)C(F)(F)C(F)(F)C(F)(F)C(F)(F)C(F)(F)C(F)(F)F)(C(C)C)C(C)C)cc1)C(=O)NO. The number of nitrogens with one attached hydrogen (secondary N) is 2. The van der Waals surface area contributed by atoms with Gasteiger partial charge in [0.05, 0.1) is 12.3 Å². The molecule has 2 aromatic carbocycles. The Balaban J connectivity index is 2.32. The predicted molar refractivity (Wildman–Crippen MR) is 201 cm³/mol. The molecular weight excluding hydrogens is 981 g/mol. The van der Waals surface area contributed by atoms with Crippen molar-refractivity contribution in [3.8, 4) is 5.75 Å². The fourth-order valence-corrected chi connectivity index (χ4v) is 11.0. The molecule has 28 heteroatoms. The summed E-state index contributed by atoms with van der Waals surface area (Å²) in [5.41, 5.74) is -0.563. The van der Waals surface area contributed by atoms with E-state index >= 15 is 0 Å². The molecule has 0 bridgehead atoms. The first kappa shape index (κ1) is 58.7. The lowest BCUT2D eigenvalue weighted by atomic mass is 9.88. The van der Waals surface area contributed by atoms with Crippen LogP contribution < -0.4 is 15.5 Å². The van der Waals surface area contributed by atoms with Gasteiger partial charge < -0.3 is 13.9 Å². The lowest BCUT2D eigenvalue weighted by molar-refractivity contribution is -0.461. The Labute approximate surface area is 370 Å². The van der Waals surface area contributed by atoms with Gasteiger partial charge in [-0.05, 0) is 60.3 Å². The van der Waals surface area contributed by atoms with Crippen molar-refractivity contribution in [3.05, 3.63) is 71.3 Å². The quantitative estimate of drug-likeness (QED) is 0.0256. The van der Waals surface area contributed by atoms with Crippen molar-refractivity contribution in [3.63, 3.8) is 0 Å². The topological polar surface area (TPSA) is 106 Å². The molecule has 2 atom stereocenters. The molecule has 0 aromatic heterocycles. The van der Waals surface area contributed by atoms with Gasteiger partial charge in [-0.2, -0.15) is 74.6 Å². The molecule has 0 saturated heterocycles. The summed E-state index contributed by atoms with van der Waals surface area (Å²) in [4.78, 5) is 24.6. The van der Waals surface area contributed by atoms with E-state index in [0.29, 0.717) is 6.07 Å². The van der Waals surface area contributed by atoms with E-state index < -0.39 is 134 Å². The average molecular weight is 1020 g/mol. The van der Waals surface area contributed by atoms with Gasteiger partial charge >= 0.3 is 53.7 Å². The van der Waals surface area contributed by atoms with Gasteiger partial charge in [0.1, 0.15) is 30.1 Å². The summed E-state index contributed by atoms with van der Waals surface area (Å²) in [6.45, 7) is 6.97. The summed E-state index contributed by atoms with van der Waals surface area (Å²) < 4.78 is 280. The summed E-state index contributed by atoms with van der Waals surface area (Å²) >= 11 is 0. The van der Waals surface area contributed by atoms with Gasteiger partial charge in [0, 0.05) is 24.0 Å². The number of carbonyl (C=O) groups excluding carboxylic acids is 2. The van der Waals surface area contributed by atoms with Crippen LogP contribution in [0.25, 0.3) is 0 Å². The first-order chi connectivity index (χ1) is 30.2. The number of alkyl halides is 17. The molecule has 0 fully saturated rings. The van der Waals surface area contributed by atoms with Crippen molar-refractivity contribution >= 4 is 26.0 Å². The molecule has 0 radical (unpaired) electrons. The molecule has 2 amide bonds. The highest BCUT2D eigenvalue weighted by Crippen LogP contribution is 2.64. The Bertz CT molecular complexity index is 2020. The van der Waals surface area contributed by atoms with Crippen molar-refractivity contribution in [2.24, 2.45) is 5.92 Å². The number of benzene rings is 2. The molecular formula is C39H43F19N2O6Si. The van der Waals surface area contributed by atoms with Crippen molar-refractivity contribution in [2.75, 3.05) is 18.5 Å².